The van der Waals surface area contributed by atoms with Crippen LogP contribution < -0.4 is 10.0 Å². The van der Waals surface area contributed by atoms with E-state index in [4.69, 9.17) is 0 Å². The van der Waals surface area contributed by atoms with Crippen molar-refractivity contribution in [2.75, 3.05) is 11.8 Å². The summed E-state index contributed by atoms with van der Waals surface area (Å²) in [6.45, 7) is 5.68. The number of sulfonamides is 1. The van der Waals surface area contributed by atoms with Crippen LogP contribution in [0.25, 0.3) is 0 Å². The molecule has 8 nitrogen and oxygen atoms in total. The molecule has 4 N–H and O–H groups in total. The summed E-state index contributed by atoms with van der Waals surface area (Å²) in [6.07, 6.45) is 0. The van der Waals surface area contributed by atoms with Gasteiger partial charge in [-0.3, -0.25) is 14.9 Å². The molecule has 0 aliphatic rings. The second-order valence-electron chi connectivity index (χ2n) is 4.58. The number of H-pyrrole nitrogens is 2. The third-order valence-electron chi connectivity index (χ3n) is 3.01. The Kier molecular flexibility index (Phi) is 3.82. The van der Waals surface area contributed by atoms with Crippen LogP contribution in [0, 0.1) is 20.8 Å². The first-order valence-corrected chi connectivity index (χ1v) is 7.58. The molecular weight excluding hydrogens is 280 g/mol. The highest BCUT2D eigenvalue weighted by Gasteiger charge is 2.25. The van der Waals surface area contributed by atoms with Gasteiger partial charge in [0.2, 0.25) is 5.03 Å². The first-order chi connectivity index (χ1) is 9.36. The maximum atomic E-state index is 12.4. The van der Waals surface area contributed by atoms with Gasteiger partial charge in [0, 0.05) is 17.8 Å². The fraction of sp³-hybridized carbons (Fsp3) is 0.455. The van der Waals surface area contributed by atoms with Gasteiger partial charge in [-0.15, -0.1) is 0 Å². The summed E-state index contributed by atoms with van der Waals surface area (Å²) in [6, 6.07) is 0. The highest BCUT2D eigenvalue weighted by atomic mass is 32.2. The molecule has 0 aliphatic heterocycles. The monoisotopic (exact) mass is 298 g/mol. The Morgan fingerprint density at radius 1 is 1.10 bits per heavy atom. The number of hydrogen-bond acceptors (Lipinski definition) is 5. The van der Waals surface area contributed by atoms with Crippen LogP contribution in [-0.4, -0.2) is 35.9 Å². The molecule has 2 rings (SSSR count). The van der Waals surface area contributed by atoms with E-state index in [9.17, 15) is 8.42 Å². The van der Waals surface area contributed by atoms with Crippen LogP contribution in [0.3, 0.4) is 0 Å². The third-order valence-corrected chi connectivity index (χ3v) is 4.33. The van der Waals surface area contributed by atoms with Crippen molar-refractivity contribution >= 4 is 15.7 Å². The molecule has 110 valence electrons. The van der Waals surface area contributed by atoms with Crippen LogP contribution in [0.1, 0.15) is 22.6 Å². The van der Waals surface area contributed by atoms with Crippen molar-refractivity contribution in [3.63, 3.8) is 0 Å². The fourth-order valence-corrected chi connectivity index (χ4v) is 3.30. The van der Waals surface area contributed by atoms with Crippen molar-refractivity contribution in [3.8, 4) is 0 Å². The zero-order valence-electron chi connectivity index (χ0n) is 11.8. The molecule has 0 aromatic carbocycles. The number of nitrogens with zero attached hydrogens (tertiary/aromatic N) is 2. The van der Waals surface area contributed by atoms with Gasteiger partial charge < -0.3 is 5.32 Å². The van der Waals surface area contributed by atoms with Gasteiger partial charge in [0.05, 0.1) is 17.1 Å². The fourth-order valence-electron chi connectivity index (χ4n) is 1.92. The Balaban J connectivity index is 2.41. The summed E-state index contributed by atoms with van der Waals surface area (Å²) in [5, 5.41) is 16.2. The highest BCUT2D eigenvalue weighted by molar-refractivity contribution is 7.92. The average Bonchev–Trinajstić information content (AvgIpc) is 2.88. The summed E-state index contributed by atoms with van der Waals surface area (Å²) in [4.78, 5) is 0. The number of aromatic nitrogens is 4. The van der Waals surface area contributed by atoms with Crippen LogP contribution in [0.15, 0.2) is 5.03 Å². The maximum Gasteiger partial charge on any atom is 0.281 e. The van der Waals surface area contributed by atoms with E-state index in [1.165, 1.54) is 0 Å². The first kappa shape index (κ1) is 14.5. The molecule has 20 heavy (non-hydrogen) atoms. The van der Waals surface area contributed by atoms with Gasteiger partial charge >= 0.3 is 0 Å². The van der Waals surface area contributed by atoms with Gasteiger partial charge in [-0.2, -0.15) is 18.6 Å². The number of aryl methyl sites for hydroxylation is 3. The summed E-state index contributed by atoms with van der Waals surface area (Å²) in [5.74, 6) is 0. The van der Waals surface area contributed by atoms with E-state index in [2.05, 4.69) is 30.4 Å². The lowest BCUT2D eigenvalue weighted by molar-refractivity contribution is 0.595. The Bertz CT molecular complexity index is 696. The van der Waals surface area contributed by atoms with E-state index in [1.54, 1.807) is 27.8 Å². The molecule has 0 radical (unpaired) electrons. The van der Waals surface area contributed by atoms with Crippen molar-refractivity contribution in [2.24, 2.45) is 0 Å². The molecule has 0 saturated carbocycles. The van der Waals surface area contributed by atoms with Crippen LogP contribution in [-0.2, 0) is 16.6 Å². The molecule has 9 heteroatoms. The minimum atomic E-state index is -3.75. The van der Waals surface area contributed by atoms with Crippen molar-refractivity contribution in [3.05, 3.63) is 22.6 Å². The number of anilines is 1. The standard InChI is InChI=1S/C11H18N6O2S/c1-6-9(5-12-4)11(16-13-6)20(18,19)17-10-7(2)14-15-8(10)3/h12,17H,5H2,1-4H3,(H,13,16)(H,14,15). The summed E-state index contributed by atoms with van der Waals surface area (Å²) in [7, 11) is -2.00. The van der Waals surface area contributed by atoms with Gasteiger partial charge in [0.25, 0.3) is 10.0 Å². The lowest BCUT2D eigenvalue weighted by atomic mass is 10.3. The van der Waals surface area contributed by atoms with Crippen molar-refractivity contribution in [1.82, 2.24) is 25.7 Å². The predicted octanol–water partition coefficient (Wildman–Crippen LogP) is 0.578. The molecule has 2 heterocycles. The third kappa shape index (κ3) is 2.54. The van der Waals surface area contributed by atoms with E-state index < -0.39 is 10.0 Å². The van der Waals surface area contributed by atoms with Crippen LogP contribution in [0.2, 0.25) is 0 Å². The minimum absolute atomic E-state index is 0.00403. The topological polar surface area (TPSA) is 116 Å². The molecule has 0 amide bonds. The van der Waals surface area contributed by atoms with Crippen LogP contribution in [0.4, 0.5) is 5.69 Å². The Labute approximate surface area is 117 Å². The Morgan fingerprint density at radius 3 is 2.30 bits per heavy atom. The van der Waals surface area contributed by atoms with E-state index in [-0.39, 0.29) is 5.03 Å². The molecule has 2 aromatic heterocycles. The van der Waals surface area contributed by atoms with Crippen LogP contribution in [0.5, 0.6) is 0 Å². The zero-order valence-corrected chi connectivity index (χ0v) is 12.6. The number of aromatic amines is 2. The van der Waals surface area contributed by atoms with Crippen molar-refractivity contribution < 1.29 is 8.42 Å². The minimum Gasteiger partial charge on any atom is -0.316 e. The lowest BCUT2D eigenvalue weighted by Gasteiger charge is -2.08. The molecular formula is C11H18N6O2S. The molecule has 0 unspecified atom stereocenters. The largest absolute Gasteiger partial charge is 0.316 e. The lowest BCUT2D eigenvalue weighted by Crippen LogP contribution is -2.18. The molecule has 0 bridgehead atoms. The van der Waals surface area contributed by atoms with E-state index >= 15 is 0 Å². The van der Waals surface area contributed by atoms with Gasteiger partial charge in [-0.25, -0.2) is 0 Å². The van der Waals surface area contributed by atoms with Crippen molar-refractivity contribution in [1.29, 1.82) is 0 Å². The number of rotatable bonds is 5. The molecule has 0 fully saturated rings. The SMILES string of the molecule is CNCc1c(S(=O)(=O)Nc2c(C)n[nH]c2C)n[nH]c1C. The van der Waals surface area contributed by atoms with Crippen LogP contribution >= 0.6 is 0 Å². The normalized spacial score (nSPS) is 11.8. The second kappa shape index (κ2) is 5.25. The number of hydrogen-bond donors (Lipinski definition) is 4. The summed E-state index contributed by atoms with van der Waals surface area (Å²) < 4.78 is 27.4. The number of nitrogens with one attached hydrogen (secondary N) is 4. The van der Waals surface area contributed by atoms with E-state index in [0.717, 1.165) is 5.69 Å². The van der Waals surface area contributed by atoms with Crippen molar-refractivity contribution in [2.45, 2.75) is 32.3 Å². The molecule has 0 saturated heterocycles. The second-order valence-corrected chi connectivity index (χ2v) is 6.17. The van der Waals surface area contributed by atoms with Gasteiger partial charge in [0.15, 0.2) is 0 Å². The highest BCUT2D eigenvalue weighted by Crippen LogP contribution is 2.23. The Hall–Kier alpha value is -1.87. The summed E-state index contributed by atoms with van der Waals surface area (Å²) >= 11 is 0. The summed E-state index contributed by atoms with van der Waals surface area (Å²) in [5.41, 5.74) is 3.06. The van der Waals surface area contributed by atoms with E-state index in [0.29, 0.717) is 29.2 Å². The Morgan fingerprint density at radius 2 is 1.75 bits per heavy atom. The van der Waals surface area contributed by atoms with Gasteiger partial charge in [-0.1, -0.05) is 0 Å². The van der Waals surface area contributed by atoms with E-state index in [1.807, 2.05) is 0 Å². The molecule has 0 spiro atoms. The molecule has 0 atom stereocenters. The predicted molar refractivity (Wildman–Crippen MR) is 75.0 cm³/mol. The zero-order chi connectivity index (χ0) is 14.9. The molecule has 0 aliphatic carbocycles. The first-order valence-electron chi connectivity index (χ1n) is 6.09. The quantitative estimate of drug-likeness (QED) is 0.644. The van der Waals surface area contributed by atoms with Gasteiger partial charge in [0.1, 0.15) is 0 Å². The molecule has 2 aromatic rings. The van der Waals surface area contributed by atoms with Gasteiger partial charge in [-0.05, 0) is 27.8 Å². The smallest absolute Gasteiger partial charge is 0.281 e. The maximum absolute atomic E-state index is 12.4. The average molecular weight is 298 g/mol.